The van der Waals surface area contributed by atoms with E-state index >= 15 is 0 Å². The van der Waals surface area contributed by atoms with Gasteiger partial charge in [-0.05, 0) is 17.7 Å². The molecule has 0 bridgehead atoms. The van der Waals surface area contributed by atoms with Gasteiger partial charge >= 0.3 is 0 Å². The third-order valence-electron chi connectivity index (χ3n) is 3.28. The Labute approximate surface area is 136 Å². The molecule has 126 valence electrons. The molecule has 24 heavy (non-hydrogen) atoms. The van der Waals surface area contributed by atoms with Gasteiger partial charge in [-0.1, -0.05) is 30.3 Å². The Bertz CT molecular complexity index is 751. The quantitative estimate of drug-likeness (QED) is 0.823. The Hall–Kier alpha value is -2.83. The second-order valence-corrected chi connectivity index (χ2v) is 5.14. The predicted octanol–water partition coefficient (Wildman–Crippen LogP) is 3.31. The molecule has 0 aliphatic heterocycles. The lowest BCUT2D eigenvalue weighted by Gasteiger charge is -2.18. The minimum Gasteiger partial charge on any atom is -0.349 e. The van der Waals surface area contributed by atoms with Crippen molar-refractivity contribution in [2.24, 2.45) is 0 Å². The second kappa shape index (κ2) is 7.63. The SMILES string of the molecule is CC(=O)NC(CC(=O)Nc1ccc(F)c(F)c1F)c1ccccc1. The van der Waals surface area contributed by atoms with Gasteiger partial charge < -0.3 is 10.6 Å². The summed E-state index contributed by atoms with van der Waals surface area (Å²) in [4.78, 5) is 23.4. The molecule has 1 atom stereocenters. The Morgan fingerprint density at radius 1 is 1.00 bits per heavy atom. The number of hydrogen-bond acceptors (Lipinski definition) is 2. The van der Waals surface area contributed by atoms with E-state index in [-0.39, 0.29) is 12.3 Å². The molecule has 0 saturated carbocycles. The Kier molecular flexibility index (Phi) is 5.57. The zero-order chi connectivity index (χ0) is 17.7. The number of hydrogen-bond donors (Lipinski definition) is 2. The van der Waals surface area contributed by atoms with Gasteiger partial charge in [-0.3, -0.25) is 9.59 Å². The van der Waals surface area contributed by atoms with Crippen LogP contribution < -0.4 is 10.6 Å². The van der Waals surface area contributed by atoms with Crippen LogP contribution in [0.15, 0.2) is 42.5 Å². The first-order valence-corrected chi connectivity index (χ1v) is 7.14. The summed E-state index contributed by atoms with van der Waals surface area (Å²) in [6, 6.07) is 9.76. The zero-order valence-corrected chi connectivity index (χ0v) is 12.8. The molecule has 2 rings (SSSR count). The topological polar surface area (TPSA) is 58.2 Å². The first-order valence-electron chi connectivity index (χ1n) is 7.14. The highest BCUT2D eigenvalue weighted by Crippen LogP contribution is 2.22. The van der Waals surface area contributed by atoms with Crippen LogP contribution in [0.5, 0.6) is 0 Å². The van der Waals surface area contributed by atoms with Crippen LogP contribution in [0.4, 0.5) is 18.9 Å². The molecule has 2 amide bonds. The Balaban J connectivity index is 2.14. The maximum Gasteiger partial charge on any atom is 0.226 e. The van der Waals surface area contributed by atoms with Crippen molar-refractivity contribution in [3.8, 4) is 0 Å². The Morgan fingerprint density at radius 3 is 2.29 bits per heavy atom. The van der Waals surface area contributed by atoms with Gasteiger partial charge in [0.15, 0.2) is 17.5 Å². The number of halogens is 3. The van der Waals surface area contributed by atoms with E-state index in [1.807, 2.05) is 0 Å². The van der Waals surface area contributed by atoms with Crippen molar-refractivity contribution < 1.29 is 22.8 Å². The maximum absolute atomic E-state index is 13.6. The number of amides is 2. The van der Waals surface area contributed by atoms with Crippen LogP contribution in [0.25, 0.3) is 0 Å². The second-order valence-electron chi connectivity index (χ2n) is 5.14. The molecule has 0 aliphatic carbocycles. The first kappa shape index (κ1) is 17.5. The maximum atomic E-state index is 13.6. The molecule has 0 spiro atoms. The van der Waals surface area contributed by atoms with E-state index in [0.717, 1.165) is 12.1 Å². The number of anilines is 1. The summed E-state index contributed by atoms with van der Waals surface area (Å²) in [5.74, 6) is -5.46. The Morgan fingerprint density at radius 2 is 1.67 bits per heavy atom. The summed E-state index contributed by atoms with van der Waals surface area (Å²) in [6.45, 7) is 1.31. The molecule has 0 aliphatic rings. The van der Waals surface area contributed by atoms with Crippen LogP contribution in [0.2, 0.25) is 0 Å². The van der Waals surface area contributed by atoms with E-state index < -0.39 is 35.1 Å². The van der Waals surface area contributed by atoms with Crippen molar-refractivity contribution in [3.05, 3.63) is 65.5 Å². The van der Waals surface area contributed by atoms with Crippen molar-refractivity contribution in [3.63, 3.8) is 0 Å². The smallest absolute Gasteiger partial charge is 0.226 e. The molecule has 2 aromatic rings. The average Bonchev–Trinajstić information content (AvgIpc) is 2.55. The fourth-order valence-corrected chi connectivity index (χ4v) is 2.19. The normalized spacial score (nSPS) is 11.7. The van der Waals surface area contributed by atoms with Crippen LogP contribution in [-0.4, -0.2) is 11.8 Å². The van der Waals surface area contributed by atoms with E-state index in [2.05, 4.69) is 10.6 Å². The highest BCUT2D eigenvalue weighted by atomic mass is 19.2. The third-order valence-corrected chi connectivity index (χ3v) is 3.28. The molecule has 4 nitrogen and oxygen atoms in total. The number of rotatable bonds is 5. The number of benzene rings is 2. The van der Waals surface area contributed by atoms with Crippen molar-refractivity contribution in [2.75, 3.05) is 5.32 Å². The van der Waals surface area contributed by atoms with Crippen LogP contribution in [0.1, 0.15) is 24.9 Å². The van der Waals surface area contributed by atoms with Gasteiger partial charge in [-0.15, -0.1) is 0 Å². The lowest BCUT2D eigenvalue weighted by Crippen LogP contribution is -2.29. The number of carbonyl (C=O) groups excluding carboxylic acids is 2. The molecule has 2 N–H and O–H groups in total. The molecular weight excluding hydrogens is 321 g/mol. The minimum absolute atomic E-state index is 0.192. The van der Waals surface area contributed by atoms with E-state index in [9.17, 15) is 22.8 Å². The summed E-state index contributed by atoms with van der Waals surface area (Å²) in [7, 11) is 0. The van der Waals surface area contributed by atoms with Crippen LogP contribution >= 0.6 is 0 Å². The number of nitrogens with one attached hydrogen (secondary N) is 2. The van der Waals surface area contributed by atoms with Gasteiger partial charge in [-0.25, -0.2) is 13.2 Å². The van der Waals surface area contributed by atoms with Crippen molar-refractivity contribution in [1.82, 2.24) is 5.32 Å². The van der Waals surface area contributed by atoms with Gasteiger partial charge in [-0.2, -0.15) is 0 Å². The largest absolute Gasteiger partial charge is 0.349 e. The standard InChI is InChI=1S/C17H15F3N2O2/c1-10(23)21-14(11-5-3-2-4-6-11)9-15(24)22-13-8-7-12(18)16(19)17(13)20/h2-8,14H,9H2,1H3,(H,21,23)(H,22,24). The van der Waals surface area contributed by atoms with Gasteiger partial charge in [0.1, 0.15) is 0 Å². The van der Waals surface area contributed by atoms with Crippen molar-refractivity contribution in [1.29, 1.82) is 0 Å². The highest BCUT2D eigenvalue weighted by molar-refractivity contribution is 5.91. The van der Waals surface area contributed by atoms with Gasteiger partial charge in [0.2, 0.25) is 11.8 Å². The summed E-state index contributed by atoms with van der Waals surface area (Å²) in [5.41, 5.74) is 0.224. The van der Waals surface area contributed by atoms with E-state index in [0.29, 0.717) is 5.56 Å². The number of carbonyl (C=O) groups is 2. The lowest BCUT2D eigenvalue weighted by atomic mass is 10.0. The molecule has 0 radical (unpaired) electrons. The van der Waals surface area contributed by atoms with E-state index in [4.69, 9.17) is 0 Å². The summed E-state index contributed by atoms with van der Waals surface area (Å²) in [6.07, 6.45) is -0.192. The van der Waals surface area contributed by atoms with Crippen molar-refractivity contribution in [2.45, 2.75) is 19.4 Å². The van der Waals surface area contributed by atoms with Gasteiger partial charge in [0, 0.05) is 6.92 Å². The molecular formula is C17H15F3N2O2. The molecule has 0 heterocycles. The average molecular weight is 336 g/mol. The predicted molar refractivity (Wildman–Crippen MR) is 82.6 cm³/mol. The van der Waals surface area contributed by atoms with Gasteiger partial charge in [0.05, 0.1) is 18.2 Å². The summed E-state index contributed by atoms with van der Waals surface area (Å²) < 4.78 is 39.7. The fraction of sp³-hybridized carbons (Fsp3) is 0.176. The molecule has 1 unspecified atom stereocenters. The highest BCUT2D eigenvalue weighted by Gasteiger charge is 2.19. The molecule has 2 aromatic carbocycles. The van der Waals surface area contributed by atoms with Crippen LogP contribution in [0.3, 0.4) is 0 Å². The van der Waals surface area contributed by atoms with Gasteiger partial charge in [0.25, 0.3) is 0 Å². The monoisotopic (exact) mass is 336 g/mol. The summed E-state index contributed by atoms with van der Waals surface area (Å²) in [5, 5.41) is 4.80. The minimum atomic E-state index is -1.66. The lowest BCUT2D eigenvalue weighted by molar-refractivity contribution is -0.120. The summed E-state index contributed by atoms with van der Waals surface area (Å²) >= 11 is 0. The van der Waals surface area contributed by atoms with Crippen molar-refractivity contribution >= 4 is 17.5 Å². The molecule has 0 saturated heterocycles. The molecule has 0 fully saturated rings. The zero-order valence-electron chi connectivity index (χ0n) is 12.8. The van der Waals surface area contributed by atoms with E-state index in [1.165, 1.54) is 6.92 Å². The fourth-order valence-electron chi connectivity index (χ4n) is 2.19. The van der Waals surface area contributed by atoms with Crippen LogP contribution in [-0.2, 0) is 9.59 Å². The first-order chi connectivity index (χ1) is 11.4. The third kappa shape index (κ3) is 4.34. The molecule has 7 heteroatoms. The molecule has 0 aromatic heterocycles. The van der Waals surface area contributed by atoms with Crippen LogP contribution in [0, 0.1) is 17.5 Å². The van der Waals surface area contributed by atoms with E-state index in [1.54, 1.807) is 30.3 Å².